The molecule has 7 heteroatoms. The van der Waals surface area contributed by atoms with Crippen LogP contribution in [0.2, 0.25) is 0 Å². The molecule has 0 radical (unpaired) electrons. The molecule has 1 aliphatic rings. The number of hydrogen-bond acceptors (Lipinski definition) is 4. The number of aromatic nitrogens is 1. The van der Waals surface area contributed by atoms with Gasteiger partial charge in [0.1, 0.15) is 0 Å². The summed E-state index contributed by atoms with van der Waals surface area (Å²) in [6.45, 7) is 0.843. The molecule has 1 aliphatic heterocycles. The Labute approximate surface area is 130 Å². The minimum Gasteiger partial charge on any atom is -0.306 e. The smallest absolute Gasteiger partial charge is 0.243 e. The Morgan fingerprint density at radius 1 is 1.32 bits per heavy atom. The van der Waals surface area contributed by atoms with E-state index in [1.54, 1.807) is 5.38 Å². The Morgan fingerprint density at radius 2 is 2.18 bits per heavy atom. The minimum absolute atomic E-state index is 0.106. The number of piperidine rings is 1. The molecule has 2 aromatic rings. The SMILES string of the molecule is O=C(Nc1nc(-c2ccc(F)c(F)c2)cs1)[C@@H]1CCCCN1. The van der Waals surface area contributed by atoms with Crippen LogP contribution in [-0.2, 0) is 4.79 Å². The number of hydrogen-bond donors (Lipinski definition) is 2. The van der Waals surface area contributed by atoms with Crippen LogP contribution < -0.4 is 10.6 Å². The molecule has 2 heterocycles. The van der Waals surface area contributed by atoms with Crippen molar-refractivity contribution in [2.75, 3.05) is 11.9 Å². The molecule has 0 aliphatic carbocycles. The molecule has 0 bridgehead atoms. The van der Waals surface area contributed by atoms with Gasteiger partial charge in [-0.15, -0.1) is 11.3 Å². The Balaban J connectivity index is 1.70. The van der Waals surface area contributed by atoms with Gasteiger partial charge in [0.05, 0.1) is 11.7 Å². The van der Waals surface area contributed by atoms with Crippen LogP contribution in [0, 0.1) is 11.6 Å². The van der Waals surface area contributed by atoms with Crippen molar-refractivity contribution in [3.05, 3.63) is 35.2 Å². The van der Waals surface area contributed by atoms with Gasteiger partial charge in [0, 0.05) is 10.9 Å². The first-order valence-corrected chi connectivity index (χ1v) is 7.96. The Bertz CT molecular complexity index is 683. The summed E-state index contributed by atoms with van der Waals surface area (Å²) in [6.07, 6.45) is 2.93. The van der Waals surface area contributed by atoms with Gasteiger partial charge in [-0.2, -0.15) is 0 Å². The van der Waals surface area contributed by atoms with Crippen molar-refractivity contribution < 1.29 is 13.6 Å². The highest BCUT2D eigenvalue weighted by atomic mass is 32.1. The van der Waals surface area contributed by atoms with Crippen molar-refractivity contribution in [3.63, 3.8) is 0 Å². The zero-order chi connectivity index (χ0) is 15.5. The Hall–Kier alpha value is -1.86. The van der Waals surface area contributed by atoms with Gasteiger partial charge in [0.15, 0.2) is 16.8 Å². The number of carbonyl (C=O) groups is 1. The molecule has 1 atom stereocenters. The molecule has 116 valence electrons. The predicted octanol–water partition coefficient (Wildman–Crippen LogP) is 3.17. The molecular formula is C15H15F2N3OS. The van der Waals surface area contributed by atoms with Gasteiger partial charge in [-0.3, -0.25) is 4.79 Å². The Morgan fingerprint density at radius 3 is 2.91 bits per heavy atom. The molecule has 0 spiro atoms. The third kappa shape index (κ3) is 3.31. The number of anilines is 1. The van der Waals surface area contributed by atoms with E-state index in [1.165, 1.54) is 17.4 Å². The van der Waals surface area contributed by atoms with Crippen molar-refractivity contribution in [1.29, 1.82) is 0 Å². The van der Waals surface area contributed by atoms with Crippen LogP contribution in [0.25, 0.3) is 11.3 Å². The average molecular weight is 323 g/mol. The van der Waals surface area contributed by atoms with Crippen LogP contribution in [0.5, 0.6) is 0 Å². The second kappa shape index (κ2) is 6.50. The number of rotatable bonds is 3. The molecule has 1 amide bonds. The highest BCUT2D eigenvalue weighted by Gasteiger charge is 2.21. The van der Waals surface area contributed by atoms with E-state index in [9.17, 15) is 13.6 Å². The first kappa shape index (κ1) is 15.1. The van der Waals surface area contributed by atoms with Gasteiger partial charge in [0.2, 0.25) is 5.91 Å². The normalized spacial score (nSPS) is 18.2. The summed E-state index contributed by atoms with van der Waals surface area (Å²) >= 11 is 1.26. The molecule has 0 saturated carbocycles. The molecule has 4 nitrogen and oxygen atoms in total. The second-order valence-corrected chi connectivity index (χ2v) is 6.02. The number of amides is 1. The van der Waals surface area contributed by atoms with Crippen LogP contribution in [0.15, 0.2) is 23.6 Å². The first-order valence-electron chi connectivity index (χ1n) is 7.08. The third-order valence-corrected chi connectivity index (χ3v) is 4.33. The molecule has 1 saturated heterocycles. The van der Waals surface area contributed by atoms with E-state index in [0.717, 1.165) is 37.9 Å². The maximum atomic E-state index is 13.2. The van der Waals surface area contributed by atoms with Gasteiger partial charge < -0.3 is 10.6 Å². The minimum atomic E-state index is -0.914. The number of carbonyl (C=O) groups excluding carboxylic acids is 1. The molecule has 1 aromatic heterocycles. The quantitative estimate of drug-likeness (QED) is 0.912. The molecule has 2 N–H and O–H groups in total. The molecular weight excluding hydrogens is 308 g/mol. The van der Waals surface area contributed by atoms with Crippen LogP contribution in [0.1, 0.15) is 19.3 Å². The number of nitrogens with zero attached hydrogens (tertiary/aromatic N) is 1. The standard InChI is InChI=1S/C15H15F2N3OS/c16-10-5-4-9(7-11(10)17)13-8-22-15(19-13)20-14(21)12-3-1-2-6-18-12/h4-5,7-8,12,18H,1-3,6H2,(H,19,20,21)/t12-/m0/s1. The second-order valence-electron chi connectivity index (χ2n) is 5.16. The van der Waals surface area contributed by atoms with Crippen LogP contribution in [0.3, 0.4) is 0 Å². The number of halogens is 2. The summed E-state index contributed by atoms with van der Waals surface area (Å²) in [6, 6.07) is 3.43. The zero-order valence-corrected chi connectivity index (χ0v) is 12.6. The fourth-order valence-corrected chi connectivity index (χ4v) is 3.11. The fourth-order valence-electron chi connectivity index (χ4n) is 2.39. The lowest BCUT2D eigenvalue weighted by molar-refractivity contribution is -0.118. The lowest BCUT2D eigenvalue weighted by Gasteiger charge is -2.21. The largest absolute Gasteiger partial charge is 0.306 e. The lowest BCUT2D eigenvalue weighted by Crippen LogP contribution is -2.43. The van der Waals surface area contributed by atoms with Gasteiger partial charge in [-0.1, -0.05) is 6.42 Å². The maximum absolute atomic E-state index is 13.2. The molecule has 3 rings (SSSR count). The van der Waals surface area contributed by atoms with E-state index in [2.05, 4.69) is 15.6 Å². The van der Waals surface area contributed by atoms with E-state index in [-0.39, 0.29) is 11.9 Å². The third-order valence-electron chi connectivity index (χ3n) is 3.58. The predicted molar refractivity (Wildman–Crippen MR) is 81.7 cm³/mol. The van der Waals surface area contributed by atoms with Crippen LogP contribution >= 0.6 is 11.3 Å². The summed E-state index contributed by atoms with van der Waals surface area (Å²) < 4.78 is 26.2. The number of thiazole rings is 1. The molecule has 22 heavy (non-hydrogen) atoms. The van der Waals surface area contributed by atoms with Crippen LogP contribution in [0.4, 0.5) is 13.9 Å². The van der Waals surface area contributed by atoms with Crippen molar-refractivity contribution in [2.24, 2.45) is 0 Å². The van der Waals surface area contributed by atoms with Crippen molar-refractivity contribution >= 4 is 22.4 Å². The topological polar surface area (TPSA) is 54.0 Å². The summed E-state index contributed by atoms with van der Waals surface area (Å²) in [5.41, 5.74) is 0.988. The average Bonchev–Trinajstić information content (AvgIpc) is 2.99. The van der Waals surface area contributed by atoms with Crippen LogP contribution in [-0.4, -0.2) is 23.5 Å². The molecule has 0 unspecified atom stereocenters. The maximum Gasteiger partial charge on any atom is 0.243 e. The summed E-state index contributed by atoms with van der Waals surface area (Å²) in [7, 11) is 0. The van der Waals surface area contributed by atoms with Gasteiger partial charge in [0.25, 0.3) is 0 Å². The van der Waals surface area contributed by atoms with E-state index < -0.39 is 11.6 Å². The highest BCUT2D eigenvalue weighted by molar-refractivity contribution is 7.14. The van der Waals surface area contributed by atoms with E-state index in [1.807, 2.05) is 0 Å². The number of nitrogens with one attached hydrogen (secondary N) is 2. The van der Waals surface area contributed by atoms with Crippen molar-refractivity contribution in [3.8, 4) is 11.3 Å². The fraction of sp³-hybridized carbons (Fsp3) is 0.333. The van der Waals surface area contributed by atoms with Crippen molar-refractivity contribution in [1.82, 2.24) is 10.3 Å². The van der Waals surface area contributed by atoms with Gasteiger partial charge in [-0.25, -0.2) is 13.8 Å². The zero-order valence-electron chi connectivity index (χ0n) is 11.7. The van der Waals surface area contributed by atoms with Gasteiger partial charge >= 0.3 is 0 Å². The van der Waals surface area contributed by atoms with E-state index in [0.29, 0.717) is 16.4 Å². The van der Waals surface area contributed by atoms with E-state index >= 15 is 0 Å². The van der Waals surface area contributed by atoms with Gasteiger partial charge in [-0.05, 0) is 37.6 Å². The van der Waals surface area contributed by atoms with Crippen molar-refractivity contribution in [2.45, 2.75) is 25.3 Å². The summed E-state index contributed by atoms with van der Waals surface area (Å²) in [5, 5.41) is 8.09. The van der Waals surface area contributed by atoms with E-state index in [4.69, 9.17) is 0 Å². The first-order chi connectivity index (χ1) is 10.6. The molecule has 1 fully saturated rings. The lowest BCUT2D eigenvalue weighted by atomic mass is 10.0. The summed E-state index contributed by atoms with van der Waals surface area (Å²) in [5.74, 6) is -1.91. The highest BCUT2D eigenvalue weighted by Crippen LogP contribution is 2.26. The summed E-state index contributed by atoms with van der Waals surface area (Å²) in [4.78, 5) is 16.4. The monoisotopic (exact) mass is 323 g/mol. The Kier molecular flexibility index (Phi) is 4.44. The number of benzene rings is 1. The molecule has 1 aromatic carbocycles.